The summed E-state index contributed by atoms with van der Waals surface area (Å²) in [7, 11) is 3.36. The smallest absolute Gasteiger partial charge is 0.317 e. The summed E-state index contributed by atoms with van der Waals surface area (Å²) in [6.07, 6.45) is 0. The molecule has 1 atom stereocenters. The summed E-state index contributed by atoms with van der Waals surface area (Å²) in [4.78, 5) is 13.7. The van der Waals surface area contributed by atoms with E-state index in [1.54, 1.807) is 19.0 Å². The number of hydrogen-bond donors (Lipinski definition) is 1. The summed E-state index contributed by atoms with van der Waals surface area (Å²) < 4.78 is 5.91. The Labute approximate surface area is 128 Å². The van der Waals surface area contributed by atoms with Crippen molar-refractivity contribution >= 4 is 17.6 Å². The van der Waals surface area contributed by atoms with Gasteiger partial charge in [-0.1, -0.05) is 35.9 Å². The lowest BCUT2D eigenvalue weighted by atomic mass is 9.93. The van der Waals surface area contributed by atoms with Crippen molar-refractivity contribution < 1.29 is 9.53 Å². The highest BCUT2D eigenvalue weighted by atomic mass is 35.5. The lowest BCUT2D eigenvalue weighted by Crippen LogP contribution is -2.39. The third-order valence-corrected chi connectivity index (χ3v) is 3.97. The first kappa shape index (κ1) is 13.8. The first-order valence-electron chi connectivity index (χ1n) is 6.63. The highest BCUT2D eigenvalue weighted by Gasteiger charge is 2.33. The number of hydrogen-bond acceptors (Lipinski definition) is 2. The Morgan fingerprint density at radius 1 is 1.19 bits per heavy atom. The molecule has 0 saturated heterocycles. The second-order valence-electron chi connectivity index (χ2n) is 4.86. The zero-order chi connectivity index (χ0) is 15.0. The number of carbonyl (C=O) groups excluding carboxylic acids is 1. The van der Waals surface area contributed by atoms with Crippen molar-refractivity contribution in [2.45, 2.75) is 6.04 Å². The van der Waals surface area contributed by atoms with E-state index in [4.69, 9.17) is 16.3 Å². The van der Waals surface area contributed by atoms with Gasteiger partial charge in [0, 0.05) is 30.2 Å². The van der Waals surface area contributed by atoms with E-state index in [-0.39, 0.29) is 12.1 Å². The molecule has 0 spiro atoms. The molecule has 4 nitrogen and oxygen atoms in total. The Bertz CT molecular complexity index is 702. The monoisotopic (exact) mass is 302 g/mol. The topological polar surface area (TPSA) is 41.6 Å². The number of carbonyl (C=O) groups is 1. The standard InChI is InChI=1S/C16H15ClN2O2/c1-18-16(20)19(2)15-10-6-3-4-8-12(10)21-13-9-5-7-11(17)14(13)15/h3-9,15H,1-2H3,(H,18,20). The van der Waals surface area contributed by atoms with Crippen LogP contribution in [0.1, 0.15) is 17.2 Å². The number of urea groups is 1. The molecule has 2 amide bonds. The van der Waals surface area contributed by atoms with Crippen LogP contribution in [-0.4, -0.2) is 25.0 Å². The number of ether oxygens (including phenoxy) is 1. The van der Waals surface area contributed by atoms with Crippen molar-refractivity contribution in [3.05, 3.63) is 58.6 Å². The molecule has 0 radical (unpaired) electrons. The Hall–Kier alpha value is -2.20. The summed E-state index contributed by atoms with van der Waals surface area (Å²) in [5, 5.41) is 3.23. The Balaban J connectivity index is 2.20. The van der Waals surface area contributed by atoms with Gasteiger partial charge in [-0.2, -0.15) is 0 Å². The predicted octanol–water partition coefficient (Wildman–Crippen LogP) is 3.81. The molecule has 5 heteroatoms. The summed E-state index contributed by atoms with van der Waals surface area (Å²) in [6.45, 7) is 0. The molecule has 21 heavy (non-hydrogen) atoms. The minimum absolute atomic E-state index is 0.178. The molecule has 0 saturated carbocycles. The fraction of sp³-hybridized carbons (Fsp3) is 0.188. The lowest BCUT2D eigenvalue weighted by Gasteiger charge is -2.34. The Morgan fingerprint density at radius 2 is 1.90 bits per heavy atom. The highest BCUT2D eigenvalue weighted by Crippen LogP contribution is 2.47. The molecule has 0 aliphatic carbocycles. The number of halogens is 1. The average Bonchev–Trinajstić information content (AvgIpc) is 2.51. The van der Waals surface area contributed by atoms with Crippen molar-refractivity contribution in [2.24, 2.45) is 0 Å². The molecule has 2 aromatic carbocycles. The average molecular weight is 303 g/mol. The molecule has 0 bridgehead atoms. The van der Waals surface area contributed by atoms with Crippen LogP contribution in [-0.2, 0) is 0 Å². The summed E-state index contributed by atoms with van der Waals surface area (Å²) >= 11 is 6.36. The summed E-state index contributed by atoms with van der Waals surface area (Å²) in [5.41, 5.74) is 1.73. The van der Waals surface area contributed by atoms with Gasteiger partial charge >= 0.3 is 6.03 Å². The molecule has 1 N–H and O–H groups in total. The number of nitrogens with zero attached hydrogens (tertiary/aromatic N) is 1. The Kier molecular flexibility index (Phi) is 3.47. The summed E-state index contributed by atoms with van der Waals surface area (Å²) in [6, 6.07) is 12.7. The van der Waals surface area contributed by atoms with Gasteiger partial charge in [-0.15, -0.1) is 0 Å². The van der Waals surface area contributed by atoms with Crippen LogP contribution >= 0.6 is 11.6 Å². The third-order valence-electron chi connectivity index (χ3n) is 3.64. The van der Waals surface area contributed by atoms with Crippen LogP contribution in [0.2, 0.25) is 5.02 Å². The minimum atomic E-state index is -0.279. The zero-order valence-electron chi connectivity index (χ0n) is 11.8. The van der Waals surface area contributed by atoms with Crippen molar-refractivity contribution in [3.8, 4) is 11.5 Å². The molecule has 3 rings (SSSR count). The first-order chi connectivity index (χ1) is 10.1. The van der Waals surface area contributed by atoms with Gasteiger partial charge in [-0.05, 0) is 18.2 Å². The van der Waals surface area contributed by atoms with Gasteiger partial charge in [-0.3, -0.25) is 0 Å². The van der Waals surface area contributed by atoms with E-state index in [2.05, 4.69) is 5.32 Å². The van der Waals surface area contributed by atoms with Crippen molar-refractivity contribution in [1.82, 2.24) is 10.2 Å². The fourth-order valence-corrected chi connectivity index (χ4v) is 2.91. The maximum Gasteiger partial charge on any atom is 0.317 e. The van der Waals surface area contributed by atoms with E-state index in [1.807, 2.05) is 42.5 Å². The molecule has 0 fully saturated rings. The number of rotatable bonds is 1. The quantitative estimate of drug-likeness (QED) is 0.870. The molecular formula is C16H15ClN2O2. The van der Waals surface area contributed by atoms with Gasteiger partial charge in [0.05, 0.1) is 6.04 Å². The first-order valence-corrected chi connectivity index (χ1v) is 7.01. The van der Waals surface area contributed by atoms with Gasteiger partial charge in [0.1, 0.15) is 11.5 Å². The van der Waals surface area contributed by atoms with E-state index in [1.165, 1.54) is 0 Å². The third kappa shape index (κ3) is 2.21. The number of fused-ring (bicyclic) bond motifs is 2. The maximum atomic E-state index is 12.1. The van der Waals surface area contributed by atoms with E-state index in [0.29, 0.717) is 10.8 Å². The van der Waals surface area contributed by atoms with Crippen LogP contribution < -0.4 is 10.1 Å². The predicted molar refractivity (Wildman–Crippen MR) is 82.0 cm³/mol. The summed E-state index contributed by atoms with van der Waals surface area (Å²) in [5.74, 6) is 1.43. The van der Waals surface area contributed by atoms with Crippen LogP contribution in [0.4, 0.5) is 4.79 Å². The van der Waals surface area contributed by atoms with Gasteiger partial charge in [0.15, 0.2) is 0 Å². The van der Waals surface area contributed by atoms with E-state index in [0.717, 1.165) is 16.9 Å². The molecule has 0 aromatic heterocycles. The highest BCUT2D eigenvalue weighted by molar-refractivity contribution is 6.31. The van der Waals surface area contributed by atoms with Crippen LogP contribution in [0, 0.1) is 0 Å². The van der Waals surface area contributed by atoms with E-state index in [9.17, 15) is 4.79 Å². The lowest BCUT2D eigenvalue weighted by molar-refractivity contribution is 0.197. The Morgan fingerprint density at radius 3 is 2.67 bits per heavy atom. The molecule has 108 valence electrons. The number of para-hydroxylation sites is 1. The maximum absolute atomic E-state index is 12.1. The zero-order valence-corrected chi connectivity index (χ0v) is 12.5. The molecular weight excluding hydrogens is 288 g/mol. The van der Waals surface area contributed by atoms with E-state index >= 15 is 0 Å². The van der Waals surface area contributed by atoms with Crippen molar-refractivity contribution in [1.29, 1.82) is 0 Å². The molecule has 1 unspecified atom stereocenters. The second-order valence-corrected chi connectivity index (χ2v) is 5.27. The second kappa shape index (κ2) is 5.30. The van der Waals surface area contributed by atoms with Crippen molar-refractivity contribution in [3.63, 3.8) is 0 Å². The molecule has 1 aliphatic heterocycles. The van der Waals surface area contributed by atoms with Gasteiger partial charge in [0.2, 0.25) is 0 Å². The molecule has 1 heterocycles. The van der Waals surface area contributed by atoms with Crippen LogP contribution in [0.5, 0.6) is 11.5 Å². The van der Waals surface area contributed by atoms with Gasteiger partial charge in [0.25, 0.3) is 0 Å². The fourth-order valence-electron chi connectivity index (χ4n) is 2.64. The minimum Gasteiger partial charge on any atom is -0.457 e. The van der Waals surface area contributed by atoms with Gasteiger partial charge in [-0.25, -0.2) is 4.79 Å². The number of benzene rings is 2. The van der Waals surface area contributed by atoms with Gasteiger partial charge < -0.3 is 15.0 Å². The van der Waals surface area contributed by atoms with Crippen molar-refractivity contribution in [2.75, 3.05) is 14.1 Å². The normalized spacial score (nSPS) is 15.5. The van der Waals surface area contributed by atoms with E-state index < -0.39 is 0 Å². The molecule has 2 aromatic rings. The van der Waals surface area contributed by atoms with Crippen LogP contribution in [0.25, 0.3) is 0 Å². The largest absolute Gasteiger partial charge is 0.457 e. The van der Waals surface area contributed by atoms with Crippen LogP contribution in [0.15, 0.2) is 42.5 Å². The molecule has 1 aliphatic rings. The number of amides is 2. The van der Waals surface area contributed by atoms with Crippen LogP contribution in [0.3, 0.4) is 0 Å². The number of nitrogens with one attached hydrogen (secondary N) is 1. The SMILES string of the molecule is CNC(=O)N(C)C1c2ccccc2Oc2cccc(Cl)c21.